The standard InChI is InChI=1S/C20H26FNO2/c1-22-10-8-16(9-11-22)14-24-18-6-7-19(20(21)12-18)17-4-2-15(13-23)3-5-17/h4,6-7,12-13,15-16H,2-3,5,8-11,14H2,1H3. The second-order valence-electron chi connectivity index (χ2n) is 7.10. The summed E-state index contributed by atoms with van der Waals surface area (Å²) in [4.78, 5) is 13.1. The second kappa shape index (κ2) is 7.93. The Hall–Kier alpha value is -1.68. The van der Waals surface area contributed by atoms with Crippen LogP contribution in [0.4, 0.5) is 4.39 Å². The third-order valence-electron chi connectivity index (χ3n) is 5.25. The van der Waals surface area contributed by atoms with Crippen molar-refractivity contribution in [3.05, 3.63) is 35.7 Å². The Bertz CT molecular complexity index is 606. The van der Waals surface area contributed by atoms with Gasteiger partial charge >= 0.3 is 0 Å². The second-order valence-corrected chi connectivity index (χ2v) is 7.10. The van der Waals surface area contributed by atoms with Crippen molar-refractivity contribution in [3.63, 3.8) is 0 Å². The molecule has 1 aliphatic heterocycles. The quantitative estimate of drug-likeness (QED) is 0.766. The molecule has 1 aliphatic carbocycles. The Balaban J connectivity index is 1.58. The number of nitrogens with zero attached hydrogens (tertiary/aromatic N) is 1. The first kappa shape index (κ1) is 17.2. The maximum Gasteiger partial charge on any atom is 0.134 e. The Morgan fingerprint density at radius 3 is 2.71 bits per heavy atom. The number of hydrogen-bond donors (Lipinski definition) is 0. The number of ether oxygens (including phenoxy) is 1. The number of carbonyl (C=O) groups excluding carboxylic acids is 1. The van der Waals surface area contributed by atoms with Crippen LogP contribution in [-0.4, -0.2) is 37.9 Å². The zero-order chi connectivity index (χ0) is 16.9. The van der Waals surface area contributed by atoms with Crippen LogP contribution in [0.2, 0.25) is 0 Å². The lowest BCUT2D eigenvalue weighted by atomic mass is 9.87. The van der Waals surface area contributed by atoms with Crippen LogP contribution < -0.4 is 4.74 Å². The van der Waals surface area contributed by atoms with Crippen LogP contribution in [-0.2, 0) is 4.79 Å². The molecule has 0 N–H and O–H groups in total. The van der Waals surface area contributed by atoms with E-state index >= 15 is 0 Å². The van der Waals surface area contributed by atoms with Gasteiger partial charge in [-0.25, -0.2) is 4.39 Å². The fourth-order valence-electron chi connectivity index (χ4n) is 3.51. The molecule has 4 heteroatoms. The van der Waals surface area contributed by atoms with Crippen LogP contribution in [0.3, 0.4) is 0 Å². The number of piperidine rings is 1. The zero-order valence-corrected chi connectivity index (χ0v) is 14.3. The van der Waals surface area contributed by atoms with Gasteiger partial charge in [0, 0.05) is 17.5 Å². The third-order valence-corrected chi connectivity index (χ3v) is 5.25. The summed E-state index contributed by atoms with van der Waals surface area (Å²) in [5, 5.41) is 0. The van der Waals surface area contributed by atoms with Gasteiger partial charge in [-0.3, -0.25) is 0 Å². The molecule has 2 aliphatic rings. The maximum atomic E-state index is 14.4. The highest BCUT2D eigenvalue weighted by atomic mass is 19.1. The lowest BCUT2D eigenvalue weighted by Gasteiger charge is -2.28. The summed E-state index contributed by atoms with van der Waals surface area (Å²) < 4.78 is 20.2. The Kier molecular flexibility index (Phi) is 5.67. The van der Waals surface area contributed by atoms with Crippen molar-refractivity contribution in [1.82, 2.24) is 4.90 Å². The normalized spacial score (nSPS) is 22.9. The van der Waals surface area contributed by atoms with Crippen LogP contribution >= 0.6 is 0 Å². The zero-order valence-electron chi connectivity index (χ0n) is 14.3. The number of benzene rings is 1. The fourth-order valence-corrected chi connectivity index (χ4v) is 3.51. The van der Waals surface area contributed by atoms with Crippen LogP contribution in [0.15, 0.2) is 24.3 Å². The van der Waals surface area contributed by atoms with Crippen molar-refractivity contribution in [1.29, 1.82) is 0 Å². The highest BCUT2D eigenvalue weighted by molar-refractivity contribution is 5.69. The average molecular weight is 331 g/mol. The molecule has 1 saturated heterocycles. The maximum absolute atomic E-state index is 14.4. The van der Waals surface area contributed by atoms with E-state index in [0.717, 1.165) is 50.6 Å². The molecule has 1 unspecified atom stereocenters. The summed E-state index contributed by atoms with van der Waals surface area (Å²) in [5.41, 5.74) is 1.65. The van der Waals surface area contributed by atoms with Gasteiger partial charge in [-0.15, -0.1) is 0 Å². The highest BCUT2D eigenvalue weighted by Gasteiger charge is 2.19. The molecule has 1 aromatic carbocycles. The summed E-state index contributed by atoms with van der Waals surface area (Å²) in [6.45, 7) is 2.88. The molecule has 0 radical (unpaired) electrons. The molecule has 1 heterocycles. The predicted octanol–water partition coefficient (Wildman–Crippen LogP) is 3.93. The van der Waals surface area contributed by atoms with E-state index in [1.54, 1.807) is 0 Å². The first-order valence-electron chi connectivity index (χ1n) is 8.91. The van der Waals surface area contributed by atoms with Crippen molar-refractivity contribution in [2.45, 2.75) is 32.1 Å². The summed E-state index contributed by atoms with van der Waals surface area (Å²) in [5.74, 6) is 1.03. The van der Waals surface area contributed by atoms with Crippen LogP contribution in [0, 0.1) is 17.7 Å². The summed E-state index contributed by atoms with van der Waals surface area (Å²) in [6, 6.07) is 5.17. The van der Waals surface area contributed by atoms with Gasteiger partial charge in [0.05, 0.1) is 6.61 Å². The molecule has 1 fully saturated rings. The lowest BCUT2D eigenvalue weighted by Crippen LogP contribution is -2.32. The topological polar surface area (TPSA) is 29.5 Å². The van der Waals surface area contributed by atoms with Gasteiger partial charge in [-0.05, 0) is 75.9 Å². The van der Waals surface area contributed by atoms with Crippen LogP contribution in [0.25, 0.3) is 5.57 Å². The predicted molar refractivity (Wildman–Crippen MR) is 93.5 cm³/mol. The molecule has 130 valence electrons. The highest BCUT2D eigenvalue weighted by Crippen LogP contribution is 2.32. The largest absolute Gasteiger partial charge is 0.493 e. The number of likely N-dealkylation sites (tertiary alicyclic amines) is 1. The van der Waals surface area contributed by atoms with Gasteiger partial charge in [0.15, 0.2) is 0 Å². The first-order chi connectivity index (χ1) is 11.7. The van der Waals surface area contributed by atoms with Crippen molar-refractivity contribution in [3.8, 4) is 5.75 Å². The number of aldehydes is 1. The van der Waals surface area contributed by atoms with E-state index < -0.39 is 0 Å². The van der Waals surface area contributed by atoms with Crippen LogP contribution in [0.1, 0.15) is 37.7 Å². The van der Waals surface area contributed by atoms with E-state index in [0.29, 0.717) is 30.3 Å². The van der Waals surface area contributed by atoms with Gasteiger partial charge in [0.1, 0.15) is 17.9 Å². The SMILES string of the molecule is CN1CCC(COc2ccc(C3=CCC(C=O)CC3)c(F)c2)CC1. The average Bonchev–Trinajstić information content (AvgIpc) is 2.61. The number of halogens is 1. The fraction of sp³-hybridized carbons (Fsp3) is 0.550. The van der Waals surface area contributed by atoms with Crippen molar-refractivity contribution in [2.24, 2.45) is 11.8 Å². The molecule has 3 rings (SSSR count). The molecule has 1 aromatic rings. The minimum Gasteiger partial charge on any atom is -0.493 e. The summed E-state index contributed by atoms with van der Waals surface area (Å²) >= 11 is 0. The minimum absolute atomic E-state index is 0.0916. The minimum atomic E-state index is -0.230. The number of allylic oxidation sites excluding steroid dienone is 2. The Labute approximate surface area is 143 Å². The molecule has 24 heavy (non-hydrogen) atoms. The Morgan fingerprint density at radius 2 is 2.08 bits per heavy atom. The molecular formula is C20H26FNO2. The van der Waals surface area contributed by atoms with Gasteiger partial charge in [0.25, 0.3) is 0 Å². The van der Waals surface area contributed by atoms with Crippen molar-refractivity contribution < 1.29 is 13.9 Å². The van der Waals surface area contributed by atoms with E-state index in [-0.39, 0.29) is 11.7 Å². The monoisotopic (exact) mass is 331 g/mol. The van der Waals surface area contributed by atoms with Gasteiger partial charge in [0.2, 0.25) is 0 Å². The van der Waals surface area contributed by atoms with Gasteiger partial charge in [-0.1, -0.05) is 6.08 Å². The molecule has 1 atom stereocenters. The van der Waals surface area contributed by atoms with Gasteiger partial charge < -0.3 is 14.4 Å². The molecule has 0 bridgehead atoms. The van der Waals surface area contributed by atoms with Crippen LogP contribution in [0.5, 0.6) is 5.75 Å². The molecule has 0 amide bonds. The van der Waals surface area contributed by atoms with Crippen molar-refractivity contribution in [2.75, 3.05) is 26.7 Å². The lowest BCUT2D eigenvalue weighted by molar-refractivity contribution is -0.111. The van der Waals surface area contributed by atoms with Gasteiger partial charge in [-0.2, -0.15) is 0 Å². The number of hydrogen-bond acceptors (Lipinski definition) is 3. The molecule has 0 spiro atoms. The van der Waals surface area contributed by atoms with E-state index in [1.165, 1.54) is 6.07 Å². The summed E-state index contributed by atoms with van der Waals surface area (Å²) in [7, 11) is 2.14. The smallest absolute Gasteiger partial charge is 0.134 e. The van der Waals surface area contributed by atoms with E-state index in [2.05, 4.69) is 11.9 Å². The molecule has 3 nitrogen and oxygen atoms in total. The number of carbonyl (C=O) groups is 1. The van der Waals surface area contributed by atoms with E-state index in [9.17, 15) is 9.18 Å². The first-order valence-corrected chi connectivity index (χ1v) is 8.91. The summed E-state index contributed by atoms with van der Waals surface area (Å²) in [6.07, 6.45) is 7.57. The van der Waals surface area contributed by atoms with Crippen molar-refractivity contribution >= 4 is 11.9 Å². The molecule has 0 aromatic heterocycles. The molecular weight excluding hydrogens is 305 g/mol. The Morgan fingerprint density at radius 1 is 1.29 bits per heavy atom. The third kappa shape index (κ3) is 4.23. The number of rotatable bonds is 5. The van der Waals surface area contributed by atoms with E-state index in [1.807, 2.05) is 18.2 Å². The van der Waals surface area contributed by atoms with E-state index in [4.69, 9.17) is 4.74 Å². The molecule has 0 saturated carbocycles.